The van der Waals surface area contributed by atoms with Gasteiger partial charge in [-0.15, -0.1) is 10.2 Å². The SMILES string of the molecule is Cc1cc(NC2CCCN(C(C)CO)C2)nnc1-c1ncc(C(F)(F)F)cc1O. The van der Waals surface area contributed by atoms with E-state index in [9.17, 15) is 23.4 Å². The number of hydrogen-bond acceptors (Lipinski definition) is 7. The summed E-state index contributed by atoms with van der Waals surface area (Å²) in [5.41, 5.74) is -0.223. The zero-order valence-corrected chi connectivity index (χ0v) is 16.2. The predicted molar refractivity (Wildman–Crippen MR) is 101 cm³/mol. The third-order valence-corrected chi connectivity index (χ3v) is 5.10. The molecule has 158 valence electrons. The molecule has 29 heavy (non-hydrogen) atoms. The molecule has 10 heteroatoms. The fraction of sp³-hybridized carbons (Fsp3) is 0.526. The summed E-state index contributed by atoms with van der Waals surface area (Å²) in [5, 5.41) is 30.8. The molecule has 1 aliphatic heterocycles. The Labute approximate surface area is 166 Å². The molecule has 0 bridgehead atoms. The minimum Gasteiger partial charge on any atom is -0.506 e. The van der Waals surface area contributed by atoms with Gasteiger partial charge < -0.3 is 15.5 Å². The second-order valence-corrected chi connectivity index (χ2v) is 7.36. The smallest absolute Gasteiger partial charge is 0.418 e. The van der Waals surface area contributed by atoms with E-state index in [-0.39, 0.29) is 30.1 Å². The van der Waals surface area contributed by atoms with E-state index in [4.69, 9.17) is 0 Å². The van der Waals surface area contributed by atoms with Gasteiger partial charge in [-0.05, 0) is 50.9 Å². The van der Waals surface area contributed by atoms with Crippen LogP contribution in [0.15, 0.2) is 18.3 Å². The maximum atomic E-state index is 12.8. The zero-order chi connectivity index (χ0) is 21.2. The molecule has 2 aromatic rings. The lowest BCUT2D eigenvalue weighted by atomic mass is 10.0. The molecule has 1 aliphatic rings. The van der Waals surface area contributed by atoms with E-state index in [1.807, 2.05) is 6.92 Å². The number of nitrogens with zero attached hydrogens (tertiary/aromatic N) is 4. The Morgan fingerprint density at radius 3 is 2.66 bits per heavy atom. The second-order valence-electron chi connectivity index (χ2n) is 7.36. The Balaban J connectivity index is 1.75. The van der Waals surface area contributed by atoms with Crippen LogP contribution in [0.3, 0.4) is 0 Å². The van der Waals surface area contributed by atoms with Gasteiger partial charge in [0.15, 0.2) is 0 Å². The highest BCUT2D eigenvalue weighted by molar-refractivity contribution is 5.66. The molecule has 1 saturated heterocycles. The van der Waals surface area contributed by atoms with Gasteiger partial charge in [-0.1, -0.05) is 0 Å². The first-order chi connectivity index (χ1) is 13.7. The lowest BCUT2D eigenvalue weighted by molar-refractivity contribution is -0.137. The fourth-order valence-electron chi connectivity index (χ4n) is 3.43. The number of aliphatic hydroxyl groups excluding tert-OH is 1. The first kappa shape index (κ1) is 21.3. The fourth-order valence-corrected chi connectivity index (χ4v) is 3.43. The Morgan fingerprint density at radius 1 is 1.28 bits per heavy atom. The van der Waals surface area contributed by atoms with Crippen LogP contribution in [0, 0.1) is 6.92 Å². The zero-order valence-electron chi connectivity index (χ0n) is 16.2. The maximum absolute atomic E-state index is 12.8. The summed E-state index contributed by atoms with van der Waals surface area (Å²) in [6.07, 6.45) is -1.96. The molecule has 0 spiro atoms. The van der Waals surface area contributed by atoms with Crippen molar-refractivity contribution in [1.29, 1.82) is 0 Å². The molecule has 0 aromatic carbocycles. The molecule has 2 atom stereocenters. The molecule has 0 radical (unpaired) electrons. The van der Waals surface area contributed by atoms with Crippen molar-refractivity contribution in [2.45, 2.75) is 44.9 Å². The predicted octanol–water partition coefficient (Wildman–Crippen LogP) is 2.83. The highest BCUT2D eigenvalue weighted by atomic mass is 19.4. The lowest BCUT2D eigenvalue weighted by Crippen LogP contribution is -2.47. The van der Waals surface area contributed by atoms with Gasteiger partial charge in [0, 0.05) is 24.8 Å². The summed E-state index contributed by atoms with van der Waals surface area (Å²) < 4.78 is 38.3. The summed E-state index contributed by atoms with van der Waals surface area (Å²) in [6.45, 7) is 5.51. The molecule has 7 nitrogen and oxygen atoms in total. The van der Waals surface area contributed by atoms with Gasteiger partial charge in [0.25, 0.3) is 0 Å². The number of alkyl halides is 3. The molecule has 3 rings (SSSR count). The number of rotatable bonds is 5. The van der Waals surface area contributed by atoms with Crippen LogP contribution in [0.4, 0.5) is 19.0 Å². The van der Waals surface area contributed by atoms with Crippen LogP contribution in [0.5, 0.6) is 5.75 Å². The number of nitrogens with one attached hydrogen (secondary N) is 1. The van der Waals surface area contributed by atoms with Crippen molar-refractivity contribution in [1.82, 2.24) is 20.1 Å². The van der Waals surface area contributed by atoms with Crippen molar-refractivity contribution in [3.8, 4) is 17.1 Å². The highest BCUT2D eigenvalue weighted by Gasteiger charge is 2.32. The van der Waals surface area contributed by atoms with Gasteiger partial charge in [0.1, 0.15) is 23.0 Å². The first-order valence-electron chi connectivity index (χ1n) is 9.41. The molecule has 0 amide bonds. The summed E-state index contributed by atoms with van der Waals surface area (Å²) >= 11 is 0. The topological polar surface area (TPSA) is 94.4 Å². The van der Waals surface area contributed by atoms with E-state index in [2.05, 4.69) is 25.4 Å². The van der Waals surface area contributed by atoms with Gasteiger partial charge in [-0.2, -0.15) is 13.2 Å². The van der Waals surface area contributed by atoms with E-state index >= 15 is 0 Å². The third kappa shape index (κ3) is 4.94. The summed E-state index contributed by atoms with van der Waals surface area (Å²) in [4.78, 5) is 5.94. The lowest BCUT2D eigenvalue weighted by Gasteiger charge is -2.36. The van der Waals surface area contributed by atoms with Crippen LogP contribution in [-0.2, 0) is 6.18 Å². The van der Waals surface area contributed by atoms with Gasteiger partial charge in [0.05, 0.1) is 12.2 Å². The van der Waals surface area contributed by atoms with Crippen molar-refractivity contribution in [2.24, 2.45) is 0 Å². The van der Waals surface area contributed by atoms with E-state index < -0.39 is 17.5 Å². The Bertz CT molecular complexity index is 862. The van der Waals surface area contributed by atoms with Gasteiger partial charge in [0.2, 0.25) is 0 Å². The molecule has 0 saturated carbocycles. The van der Waals surface area contributed by atoms with E-state index in [0.29, 0.717) is 23.6 Å². The molecular weight excluding hydrogens is 387 g/mol. The van der Waals surface area contributed by atoms with Crippen molar-refractivity contribution < 1.29 is 23.4 Å². The van der Waals surface area contributed by atoms with E-state index in [1.165, 1.54) is 0 Å². The summed E-state index contributed by atoms with van der Waals surface area (Å²) in [5.74, 6) is -0.0556. The number of aromatic nitrogens is 3. The minimum absolute atomic E-state index is 0.0461. The quantitative estimate of drug-likeness (QED) is 0.697. The van der Waals surface area contributed by atoms with Crippen molar-refractivity contribution in [3.05, 3.63) is 29.5 Å². The standard InChI is InChI=1S/C19H24F3N5O2/c1-11-6-16(24-14-4-3-5-27(9-14)12(2)10-28)25-26-17(11)18-15(29)7-13(8-23-18)19(20,21)22/h6-8,12,14,28-29H,3-5,9-10H2,1-2H3,(H,24,25). The van der Waals surface area contributed by atoms with Crippen LogP contribution in [-0.4, -0.2) is 62.1 Å². The van der Waals surface area contributed by atoms with E-state index in [0.717, 1.165) is 25.9 Å². The van der Waals surface area contributed by atoms with Gasteiger partial charge >= 0.3 is 6.18 Å². The van der Waals surface area contributed by atoms with Crippen molar-refractivity contribution in [3.63, 3.8) is 0 Å². The van der Waals surface area contributed by atoms with E-state index in [1.54, 1.807) is 13.0 Å². The number of pyridine rings is 1. The normalized spacial score (nSPS) is 19.2. The molecule has 0 aliphatic carbocycles. The van der Waals surface area contributed by atoms with Crippen LogP contribution >= 0.6 is 0 Å². The highest BCUT2D eigenvalue weighted by Crippen LogP contribution is 2.35. The molecule has 3 N–H and O–H groups in total. The number of aromatic hydroxyl groups is 1. The number of anilines is 1. The van der Waals surface area contributed by atoms with Crippen LogP contribution in [0.1, 0.15) is 30.9 Å². The number of aryl methyl sites for hydroxylation is 1. The van der Waals surface area contributed by atoms with Crippen LogP contribution < -0.4 is 5.32 Å². The summed E-state index contributed by atoms with van der Waals surface area (Å²) in [6, 6.07) is 2.60. The molecule has 2 aromatic heterocycles. The van der Waals surface area contributed by atoms with Gasteiger partial charge in [-0.25, -0.2) is 4.98 Å². The molecular formula is C19H24F3N5O2. The molecule has 3 heterocycles. The summed E-state index contributed by atoms with van der Waals surface area (Å²) in [7, 11) is 0. The average molecular weight is 411 g/mol. The van der Waals surface area contributed by atoms with Gasteiger partial charge in [-0.3, -0.25) is 4.90 Å². The number of aliphatic hydroxyl groups is 1. The maximum Gasteiger partial charge on any atom is 0.418 e. The second kappa shape index (κ2) is 8.50. The largest absolute Gasteiger partial charge is 0.506 e. The van der Waals surface area contributed by atoms with Crippen molar-refractivity contribution >= 4 is 5.82 Å². The van der Waals surface area contributed by atoms with Crippen LogP contribution in [0.25, 0.3) is 11.4 Å². The minimum atomic E-state index is -4.58. The first-order valence-corrected chi connectivity index (χ1v) is 9.41. The Kier molecular flexibility index (Phi) is 6.23. The number of likely N-dealkylation sites (tertiary alicyclic amines) is 1. The average Bonchev–Trinajstić information content (AvgIpc) is 2.67. The number of piperidine rings is 1. The number of halogens is 3. The Hall–Kier alpha value is -2.46. The monoisotopic (exact) mass is 411 g/mol. The van der Waals surface area contributed by atoms with Crippen LogP contribution in [0.2, 0.25) is 0 Å². The van der Waals surface area contributed by atoms with Crippen molar-refractivity contribution in [2.75, 3.05) is 25.0 Å². The molecule has 2 unspecified atom stereocenters. The Morgan fingerprint density at radius 2 is 2.03 bits per heavy atom. The molecule has 1 fully saturated rings. The number of hydrogen-bond donors (Lipinski definition) is 3. The third-order valence-electron chi connectivity index (χ3n) is 5.10.